The maximum atomic E-state index is 5.62. The Kier molecular flexibility index (Phi) is 2.77. The average Bonchev–Trinajstić information content (AvgIpc) is 2.29. The number of hydrogen-bond donors (Lipinski definition) is 1. The van der Waals surface area contributed by atoms with Crippen LogP contribution in [0.5, 0.6) is 0 Å². The Hall–Kier alpha value is -1.64. The molecule has 0 amide bonds. The maximum Gasteiger partial charge on any atom is 0.0781 e. The largest absolute Gasteiger partial charge is 0.399 e. The first-order valence-electron chi connectivity index (χ1n) is 4.66. The van der Waals surface area contributed by atoms with Crippen LogP contribution in [0.1, 0.15) is 0 Å². The van der Waals surface area contributed by atoms with E-state index in [1.165, 1.54) is 0 Å². The van der Waals surface area contributed by atoms with Crippen molar-refractivity contribution in [3.63, 3.8) is 0 Å². The molecule has 0 unspecified atom stereocenters. The van der Waals surface area contributed by atoms with Crippen molar-refractivity contribution in [2.75, 3.05) is 5.73 Å². The SMILES string of the molecule is Nc1[c-]cc2ccc3cccnc3c2n1.[Fe]. The third-order valence-corrected chi connectivity index (χ3v) is 2.39. The Bertz CT molecular complexity index is 652. The second kappa shape index (κ2) is 4.08. The van der Waals surface area contributed by atoms with E-state index in [1.54, 1.807) is 6.20 Å². The van der Waals surface area contributed by atoms with E-state index in [4.69, 9.17) is 5.73 Å². The molecule has 3 aromatic rings. The third kappa shape index (κ3) is 1.62. The van der Waals surface area contributed by atoms with E-state index in [9.17, 15) is 0 Å². The molecule has 16 heavy (non-hydrogen) atoms. The van der Waals surface area contributed by atoms with Crippen LogP contribution in [-0.2, 0) is 17.1 Å². The second-order valence-electron chi connectivity index (χ2n) is 3.36. The van der Waals surface area contributed by atoms with Gasteiger partial charge in [-0.15, -0.1) is 11.5 Å². The van der Waals surface area contributed by atoms with Gasteiger partial charge in [-0.2, -0.15) is 0 Å². The zero-order chi connectivity index (χ0) is 10.3. The van der Waals surface area contributed by atoms with E-state index in [2.05, 4.69) is 16.0 Å². The van der Waals surface area contributed by atoms with Crippen LogP contribution in [0, 0.1) is 6.07 Å². The van der Waals surface area contributed by atoms with E-state index in [1.807, 2.05) is 30.3 Å². The summed E-state index contributed by atoms with van der Waals surface area (Å²) in [5, 5.41) is 2.08. The molecular formula is C12H8FeN3-. The van der Waals surface area contributed by atoms with E-state index in [0.29, 0.717) is 5.82 Å². The van der Waals surface area contributed by atoms with Crippen molar-refractivity contribution >= 4 is 27.6 Å². The molecule has 0 aliphatic heterocycles. The molecule has 0 atom stereocenters. The van der Waals surface area contributed by atoms with Crippen LogP contribution in [-0.4, -0.2) is 9.97 Å². The van der Waals surface area contributed by atoms with Gasteiger partial charge in [0.25, 0.3) is 0 Å². The van der Waals surface area contributed by atoms with Gasteiger partial charge < -0.3 is 5.73 Å². The Morgan fingerprint density at radius 1 is 1.06 bits per heavy atom. The van der Waals surface area contributed by atoms with Crippen LogP contribution in [0.4, 0.5) is 5.82 Å². The molecule has 0 saturated heterocycles. The van der Waals surface area contributed by atoms with Crippen LogP contribution in [0.2, 0.25) is 0 Å². The van der Waals surface area contributed by atoms with Crippen molar-refractivity contribution in [1.29, 1.82) is 0 Å². The Morgan fingerprint density at radius 2 is 1.88 bits per heavy atom. The Labute approximate surface area is 103 Å². The number of aromatic nitrogens is 2. The number of nitrogens with two attached hydrogens (primary N) is 1. The van der Waals surface area contributed by atoms with E-state index in [0.717, 1.165) is 21.8 Å². The van der Waals surface area contributed by atoms with Gasteiger partial charge in [-0.1, -0.05) is 12.1 Å². The molecule has 2 heterocycles. The zero-order valence-corrected chi connectivity index (χ0v) is 9.39. The molecule has 4 heteroatoms. The number of pyridine rings is 2. The first-order chi connectivity index (χ1) is 7.34. The molecule has 0 spiro atoms. The molecule has 80 valence electrons. The number of rotatable bonds is 0. The van der Waals surface area contributed by atoms with Gasteiger partial charge in [0.1, 0.15) is 0 Å². The number of hydrogen-bond acceptors (Lipinski definition) is 3. The quantitative estimate of drug-likeness (QED) is 0.378. The van der Waals surface area contributed by atoms with Crippen LogP contribution >= 0.6 is 0 Å². The van der Waals surface area contributed by atoms with Crippen LogP contribution < -0.4 is 5.73 Å². The number of benzene rings is 1. The molecular weight excluding hydrogens is 242 g/mol. The third-order valence-electron chi connectivity index (χ3n) is 2.39. The van der Waals surface area contributed by atoms with Crippen molar-refractivity contribution in [2.45, 2.75) is 0 Å². The minimum atomic E-state index is 0. The summed E-state index contributed by atoms with van der Waals surface area (Å²) in [6.45, 7) is 0. The normalized spacial score (nSPS) is 10.2. The summed E-state index contributed by atoms with van der Waals surface area (Å²) in [5.41, 5.74) is 7.34. The molecule has 1 aromatic carbocycles. The molecule has 0 saturated carbocycles. The fourth-order valence-corrected chi connectivity index (χ4v) is 1.68. The van der Waals surface area contributed by atoms with Crippen molar-refractivity contribution in [2.24, 2.45) is 0 Å². The molecule has 3 rings (SSSR count). The molecule has 3 nitrogen and oxygen atoms in total. The smallest absolute Gasteiger partial charge is 0.0781 e. The summed E-state index contributed by atoms with van der Waals surface area (Å²) in [5.74, 6) is 0.403. The summed E-state index contributed by atoms with van der Waals surface area (Å²) in [7, 11) is 0. The Balaban J connectivity index is 0.000000963. The fourth-order valence-electron chi connectivity index (χ4n) is 1.68. The standard InChI is InChI=1S/C12H8N3.Fe/c13-10-6-5-9-4-3-8-2-1-7-14-11(8)12(9)15-10;/h1-5,7H,(H2,13,15);/q-1;. The minimum Gasteiger partial charge on any atom is -0.399 e. The topological polar surface area (TPSA) is 51.8 Å². The number of fused-ring (bicyclic) bond motifs is 3. The fraction of sp³-hybridized carbons (Fsp3) is 0. The number of nitrogen functional groups attached to an aromatic ring is 1. The van der Waals surface area contributed by atoms with Crippen LogP contribution in [0.15, 0.2) is 36.5 Å². The van der Waals surface area contributed by atoms with Crippen molar-refractivity contribution in [3.8, 4) is 0 Å². The maximum absolute atomic E-state index is 5.62. The minimum absolute atomic E-state index is 0. The van der Waals surface area contributed by atoms with E-state index >= 15 is 0 Å². The summed E-state index contributed by atoms with van der Waals surface area (Å²) in [6.07, 6.45) is 1.76. The predicted molar refractivity (Wildman–Crippen MR) is 60.3 cm³/mol. The van der Waals surface area contributed by atoms with Crippen molar-refractivity contribution in [1.82, 2.24) is 9.97 Å². The van der Waals surface area contributed by atoms with Gasteiger partial charge in [-0.05, 0) is 11.5 Å². The average molecular weight is 250 g/mol. The first-order valence-corrected chi connectivity index (χ1v) is 4.66. The summed E-state index contributed by atoms with van der Waals surface area (Å²) < 4.78 is 0. The first kappa shape index (κ1) is 10.9. The molecule has 0 radical (unpaired) electrons. The van der Waals surface area contributed by atoms with Gasteiger partial charge in [0.2, 0.25) is 0 Å². The Morgan fingerprint density at radius 3 is 2.75 bits per heavy atom. The van der Waals surface area contributed by atoms with E-state index in [-0.39, 0.29) is 17.1 Å². The molecule has 0 aliphatic rings. The number of anilines is 1. The van der Waals surface area contributed by atoms with Gasteiger partial charge in [0, 0.05) is 34.6 Å². The van der Waals surface area contributed by atoms with Gasteiger partial charge in [0.05, 0.1) is 5.52 Å². The zero-order valence-electron chi connectivity index (χ0n) is 8.29. The molecule has 0 bridgehead atoms. The summed E-state index contributed by atoms with van der Waals surface area (Å²) >= 11 is 0. The van der Waals surface area contributed by atoms with Gasteiger partial charge in [-0.25, -0.2) is 12.1 Å². The molecule has 2 N–H and O–H groups in total. The van der Waals surface area contributed by atoms with Gasteiger partial charge >= 0.3 is 0 Å². The van der Waals surface area contributed by atoms with E-state index < -0.39 is 0 Å². The van der Waals surface area contributed by atoms with Gasteiger partial charge in [-0.3, -0.25) is 9.97 Å². The predicted octanol–water partition coefficient (Wildman–Crippen LogP) is 2.16. The molecule has 0 aliphatic carbocycles. The number of nitrogens with zero attached hydrogens (tertiary/aromatic N) is 2. The van der Waals surface area contributed by atoms with Crippen molar-refractivity contribution in [3.05, 3.63) is 42.6 Å². The molecule has 0 fully saturated rings. The van der Waals surface area contributed by atoms with Crippen molar-refractivity contribution < 1.29 is 17.1 Å². The molecule has 2 aromatic heterocycles. The van der Waals surface area contributed by atoms with Crippen LogP contribution in [0.3, 0.4) is 0 Å². The monoisotopic (exact) mass is 250 g/mol. The van der Waals surface area contributed by atoms with Crippen LogP contribution in [0.25, 0.3) is 21.8 Å². The van der Waals surface area contributed by atoms with Gasteiger partial charge in [0.15, 0.2) is 0 Å². The summed E-state index contributed by atoms with van der Waals surface area (Å²) in [6, 6.07) is 12.7. The second-order valence-corrected chi connectivity index (χ2v) is 3.36. The summed E-state index contributed by atoms with van der Waals surface area (Å²) in [4.78, 5) is 8.58.